The minimum absolute atomic E-state index is 0.000502. The summed E-state index contributed by atoms with van der Waals surface area (Å²) in [5.41, 5.74) is -0.457. The van der Waals surface area contributed by atoms with Gasteiger partial charge in [0.1, 0.15) is 5.60 Å². The van der Waals surface area contributed by atoms with Crippen molar-refractivity contribution in [3.63, 3.8) is 0 Å². The van der Waals surface area contributed by atoms with Crippen molar-refractivity contribution in [1.29, 1.82) is 0 Å². The van der Waals surface area contributed by atoms with Crippen molar-refractivity contribution >= 4 is 6.09 Å². The van der Waals surface area contributed by atoms with Crippen molar-refractivity contribution in [2.24, 2.45) is 5.41 Å². The lowest BCUT2D eigenvalue weighted by Crippen LogP contribution is -2.51. The van der Waals surface area contributed by atoms with Gasteiger partial charge in [-0.3, -0.25) is 0 Å². The van der Waals surface area contributed by atoms with Crippen LogP contribution in [-0.2, 0) is 4.74 Å². The maximum Gasteiger partial charge on any atom is 0.407 e. The normalized spacial score (nSPS) is 14.4. The lowest BCUT2D eigenvalue weighted by atomic mass is 9.86. The van der Waals surface area contributed by atoms with Gasteiger partial charge >= 0.3 is 6.09 Å². The first-order valence-corrected chi connectivity index (χ1v) is 7.21. The summed E-state index contributed by atoms with van der Waals surface area (Å²) < 4.78 is 5.34. The van der Waals surface area contributed by atoms with E-state index in [1.165, 1.54) is 0 Å². The molecule has 0 bridgehead atoms. The summed E-state index contributed by atoms with van der Waals surface area (Å²) in [6, 6.07) is 0.0715. The smallest absolute Gasteiger partial charge is 0.407 e. The number of hydrogen-bond acceptors (Lipinski definition) is 3. The van der Waals surface area contributed by atoms with Crippen molar-refractivity contribution < 1.29 is 9.53 Å². The van der Waals surface area contributed by atoms with Crippen LogP contribution in [0.4, 0.5) is 4.79 Å². The molecule has 19 heavy (non-hydrogen) atoms. The van der Waals surface area contributed by atoms with E-state index in [2.05, 4.69) is 44.8 Å². The lowest BCUT2D eigenvalue weighted by molar-refractivity contribution is 0.0440. The number of nitrogens with one attached hydrogen (secondary N) is 1. The average Bonchev–Trinajstić information content (AvgIpc) is 2.19. The van der Waals surface area contributed by atoms with E-state index in [-0.39, 0.29) is 17.6 Å². The van der Waals surface area contributed by atoms with Gasteiger partial charge < -0.3 is 15.0 Å². The van der Waals surface area contributed by atoms with Gasteiger partial charge in [-0.15, -0.1) is 0 Å². The van der Waals surface area contributed by atoms with Crippen LogP contribution in [0.25, 0.3) is 0 Å². The topological polar surface area (TPSA) is 41.6 Å². The van der Waals surface area contributed by atoms with E-state index in [1.807, 2.05) is 20.8 Å². The minimum Gasteiger partial charge on any atom is -0.444 e. The molecule has 0 fully saturated rings. The molecule has 0 unspecified atom stereocenters. The Balaban J connectivity index is 4.66. The highest BCUT2D eigenvalue weighted by molar-refractivity contribution is 5.68. The fourth-order valence-electron chi connectivity index (χ4n) is 1.73. The zero-order chi connectivity index (χ0) is 15.3. The Morgan fingerprint density at radius 3 is 1.89 bits per heavy atom. The molecule has 0 saturated carbocycles. The predicted molar refractivity (Wildman–Crippen MR) is 80.4 cm³/mol. The van der Waals surface area contributed by atoms with Crippen LogP contribution in [0.5, 0.6) is 0 Å². The van der Waals surface area contributed by atoms with Gasteiger partial charge in [-0.2, -0.15) is 0 Å². The van der Waals surface area contributed by atoms with Crippen molar-refractivity contribution in [2.75, 3.05) is 19.6 Å². The Morgan fingerprint density at radius 1 is 1.11 bits per heavy atom. The van der Waals surface area contributed by atoms with E-state index in [9.17, 15) is 4.79 Å². The Labute approximate surface area is 118 Å². The van der Waals surface area contributed by atoms with Gasteiger partial charge in [0.25, 0.3) is 0 Å². The van der Waals surface area contributed by atoms with Gasteiger partial charge in [0, 0.05) is 12.6 Å². The first kappa shape index (κ1) is 18.2. The molecule has 0 aliphatic heterocycles. The average molecular weight is 272 g/mol. The highest BCUT2D eigenvalue weighted by Crippen LogP contribution is 2.21. The van der Waals surface area contributed by atoms with Crippen LogP contribution in [-0.4, -0.2) is 42.3 Å². The van der Waals surface area contributed by atoms with E-state index in [0.29, 0.717) is 0 Å². The number of amides is 1. The van der Waals surface area contributed by atoms with Crippen molar-refractivity contribution in [1.82, 2.24) is 10.2 Å². The number of nitrogens with zero attached hydrogens (tertiary/aromatic N) is 1. The SMILES string of the molecule is CCN(CC)C[C@@H](NC(=O)OC(C)(C)C)C(C)(C)C. The van der Waals surface area contributed by atoms with Crippen LogP contribution in [0.2, 0.25) is 0 Å². The standard InChI is InChI=1S/C15H32N2O2/c1-9-17(10-2)11-12(14(3,4)5)16-13(18)19-15(6,7)8/h12H,9-11H2,1-8H3,(H,16,18)/t12-/m1/s1. The van der Waals surface area contributed by atoms with E-state index >= 15 is 0 Å². The molecule has 0 aromatic heterocycles. The summed E-state index contributed by atoms with van der Waals surface area (Å²) in [4.78, 5) is 14.2. The fraction of sp³-hybridized carbons (Fsp3) is 0.933. The number of hydrogen-bond donors (Lipinski definition) is 1. The molecule has 1 N–H and O–H groups in total. The van der Waals surface area contributed by atoms with Crippen LogP contribution in [0.1, 0.15) is 55.4 Å². The van der Waals surface area contributed by atoms with Gasteiger partial charge in [0.2, 0.25) is 0 Å². The zero-order valence-electron chi connectivity index (χ0n) is 14.0. The quantitative estimate of drug-likeness (QED) is 0.835. The molecule has 0 aliphatic carbocycles. The molecule has 0 saturated heterocycles. The summed E-state index contributed by atoms with van der Waals surface area (Å²) in [5.74, 6) is 0. The molecule has 0 aromatic rings. The van der Waals surface area contributed by atoms with E-state index < -0.39 is 5.60 Å². The summed E-state index contributed by atoms with van der Waals surface area (Å²) in [5, 5.41) is 3.01. The highest BCUT2D eigenvalue weighted by atomic mass is 16.6. The maximum absolute atomic E-state index is 11.9. The first-order chi connectivity index (χ1) is 8.49. The third-order valence-electron chi connectivity index (χ3n) is 3.07. The van der Waals surface area contributed by atoms with Gasteiger partial charge in [-0.1, -0.05) is 34.6 Å². The van der Waals surface area contributed by atoms with Crippen molar-refractivity contribution in [3.8, 4) is 0 Å². The maximum atomic E-state index is 11.9. The second-order valence-corrected chi connectivity index (χ2v) is 7.05. The third-order valence-corrected chi connectivity index (χ3v) is 3.07. The number of rotatable bonds is 5. The second kappa shape index (κ2) is 7.13. The van der Waals surface area contributed by atoms with Crippen LogP contribution < -0.4 is 5.32 Å². The first-order valence-electron chi connectivity index (χ1n) is 7.21. The van der Waals surface area contributed by atoms with Crippen LogP contribution >= 0.6 is 0 Å². The summed E-state index contributed by atoms with van der Waals surface area (Å²) >= 11 is 0. The highest BCUT2D eigenvalue weighted by Gasteiger charge is 2.29. The predicted octanol–water partition coefficient (Wildman–Crippen LogP) is 3.27. The molecule has 1 amide bonds. The molecular formula is C15H32N2O2. The van der Waals surface area contributed by atoms with Crippen LogP contribution in [0, 0.1) is 5.41 Å². The molecule has 1 atom stereocenters. The third kappa shape index (κ3) is 8.09. The fourth-order valence-corrected chi connectivity index (χ4v) is 1.73. The van der Waals surface area contributed by atoms with E-state index in [1.54, 1.807) is 0 Å². The number of carbonyl (C=O) groups excluding carboxylic acids is 1. The minimum atomic E-state index is -0.457. The number of alkyl carbamates (subject to hydrolysis) is 1. The van der Waals surface area contributed by atoms with E-state index in [0.717, 1.165) is 19.6 Å². The molecule has 114 valence electrons. The summed E-state index contributed by atoms with van der Waals surface area (Å²) in [6.07, 6.45) is -0.334. The van der Waals surface area contributed by atoms with Gasteiger partial charge in [-0.05, 0) is 39.3 Å². The van der Waals surface area contributed by atoms with Gasteiger partial charge in [0.15, 0.2) is 0 Å². The molecule has 4 heteroatoms. The zero-order valence-corrected chi connectivity index (χ0v) is 14.0. The molecular weight excluding hydrogens is 240 g/mol. The second-order valence-electron chi connectivity index (χ2n) is 7.05. The van der Waals surface area contributed by atoms with Crippen LogP contribution in [0.15, 0.2) is 0 Å². The number of likely N-dealkylation sites (N-methyl/N-ethyl adjacent to an activating group) is 1. The Bertz CT molecular complexity index is 273. The Kier molecular flexibility index (Phi) is 6.84. The number of carbonyl (C=O) groups is 1. The Morgan fingerprint density at radius 2 is 1.58 bits per heavy atom. The molecule has 0 aliphatic rings. The van der Waals surface area contributed by atoms with Gasteiger partial charge in [0.05, 0.1) is 0 Å². The molecule has 0 aromatic carbocycles. The monoisotopic (exact) mass is 272 g/mol. The van der Waals surface area contributed by atoms with Crippen molar-refractivity contribution in [2.45, 2.75) is 67.0 Å². The van der Waals surface area contributed by atoms with Crippen molar-refractivity contribution in [3.05, 3.63) is 0 Å². The van der Waals surface area contributed by atoms with E-state index in [4.69, 9.17) is 4.74 Å². The number of ether oxygens (including phenoxy) is 1. The molecule has 0 heterocycles. The summed E-state index contributed by atoms with van der Waals surface area (Å²) in [6.45, 7) is 19.1. The summed E-state index contributed by atoms with van der Waals surface area (Å²) in [7, 11) is 0. The molecule has 0 radical (unpaired) electrons. The molecule has 4 nitrogen and oxygen atoms in total. The van der Waals surface area contributed by atoms with Crippen LogP contribution in [0.3, 0.4) is 0 Å². The lowest BCUT2D eigenvalue weighted by Gasteiger charge is -2.35. The van der Waals surface area contributed by atoms with Gasteiger partial charge in [-0.25, -0.2) is 4.79 Å². The molecule has 0 spiro atoms. The molecule has 0 rings (SSSR count). The Hall–Kier alpha value is -0.770. The largest absolute Gasteiger partial charge is 0.444 e.